The Kier molecular flexibility index (Phi) is 4.11. The van der Waals surface area contributed by atoms with Crippen LogP contribution in [-0.4, -0.2) is 33.6 Å². The number of rotatable bonds is 3. The SMILES string of the molecule is Cc1nc2ccc(NC(=O)[C@@H](C)N3C(=O)C4CC=CCC4C3=O)cc2s1. The van der Waals surface area contributed by atoms with Gasteiger partial charge < -0.3 is 5.32 Å². The lowest BCUT2D eigenvalue weighted by molar-refractivity contribution is -0.146. The first-order valence-electron chi connectivity index (χ1n) is 8.65. The van der Waals surface area contributed by atoms with Crippen LogP contribution in [0.25, 0.3) is 10.2 Å². The van der Waals surface area contributed by atoms with E-state index >= 15 is 0 Å². The number of thiazole rings is 1. The van der Waals surface area contributed by atoms with Gasteiger partial charge in [0.1, 0.15) is 6.04 Å². The Morgan fingerprint density at radius 3 is 2.54 bits per heavy atom. The Hall–Kier alpha value is -2.54. The number of amides is 3. The molecule has 134 valence electrons. The summed E-state index contributed by atoms with van der Waals surface area (Å²) in [4.78, 5) is 43.4. The highest BCUT2D eigenvalue weighted by Crippen LogP contribution is 2.36. The van der Waals surface area contributed by atoms with E-state index in [1.54, 1.807) is 24.3 Å². The molecule has 6 nitrogen and oxygen atoms in total. The number of aromatic nitrogens is 1. The Morgan fingerprint density at radius 2 is 1.88 bits per heavy atom. The van der Waals surface area contributed by atoms with Crippen molar-refractivity contribution >= 4 is 45.0 Å². The average molecular weight is 369 g/mol. The molecule has 26 heavy (non-hydrogen) atoms. The fourth-order valence-corrected chi connectivity index (χ4v) is 4.56. The highest BCUT2D eigenvalue weighted by Gasteiger charge is 2.50. The molecule has 0 spiro atoms. The molecule has 7 heteroatoms. The van der Waals surface area contributed by atoms with Gasteiger partial charge in [-0.3, -0.25) is 19.3 Å². The van der Waals surface area contributed by atoms with Crippen molar-refractivity contribution < 1.29 is 14.4 Å². The first kappa shape index (κ1) is 16.9. The van der Waals surface area contributed by atoms with Crippen molar-refractivity contribution in [1.29, 1.82) is 0 Å². The largest absolute Gasteiger partial charge is 0.324 e. The van der Waals surface area contributed by atoms with Gasteiger partial charge in [0.15, 0.2) is 0 Å². The lowest BCUT2D eigenvalue weighted by Gasteiger charge is -2.22. The van der Waals surface area contributed by atoms with Crippen molar-refractivity contribution in [3.05, 3.63) is 35.4 Å². The van der Waals surface area contributed by atoms with Crippen molar-refractivity contribution in [3.63, 3.8) is 0 Å². The van der Waals surface area contributed by atoms with E-state index in [0.29, 0.717) is 18.5 Å². The second kappa shape index (κ2) is 6.32. The second-order valence-corrected chi connectivity index (χ2v) is 8.02. The smallest absolute Gasteiger partial charge is 0.247 e. The first-order valence-corrected chi connectivity index (χ1v) is 9.47. The summed E-state index contributed by atoms with van der Waals surface area (Å²) in [5.74, 6) is -1.47. The zero-order valence-electron chi connectivity index (χ0n) is 14.6. The summed E-state index contributed by atoms with van der Waals surface area (Å²) in [5.41, 5.74) is 1.52. The minimum absolute atomic E-state index is 0.236. The number of nitrogens with zero attached hydrogens (tertiary/aromatic N) is 2. The highest BCUT2D eigenvalue weighted by atomic mass is 32.1. The monoisotopic (exact) mass is 369 g/mol. The van der Waals surface area contributed by atoms with E-state index in [-0.39, 0.29) is 29.6 Å². The van der Waals surface area contributed by atoms with Gasteiger partial charge in [0.05, 0.1) is 27.1 Å². The van der Waals surface area contributed by atoms with E-state index in [1.165, 1.54) is 0 Å². The number of hydrogen-bond acceptors (Lipinski definition) is 5. The number of aryl methyl sites for hydroxylation is 1. The lowest BCUT2D eigenvalue weighted by atomic mass is 9.85. The van der Waals surface area contributed by atoms with Gasteiger partial charge in [0, 0.05) is 5.69 Å². The Bertz CT molecular complexity index is 923. The summed E-state index contributed by atoms with van der Waals surface area (Å²) in [6.07, 6.45) is 5.02. The predicted molar refractivity (Wildman–Crippen MR) is 99.7 cm³/mol. The van der Waals surface area contributed by atoms with E-state index in [4.69, 9.17) is 0 Å². The van der Waals surface area contributed by atoms with E-state index in [9.17, 15) is 14.4 Å². The molecule has 0 bridgehead atoms. The lowest BCUT2D eigenvalue weighted by Crippen LogP contribution is -2.46. The van der Waals surface area contributed by atoms with E-state index in [0.717, 1.165) is 20.1 Å². The van der Waals surface area contributed by atoms with Gasteiger partial charge in [-0.25, -0.2) is 4.98 Å². The zero-order valence-corrected chi connectivity index (χ0v) is 15.4. The number of allylic oxidation sites excluding steroid dienone is 2. The maximum atomic E-state index is 12.7. The summed E-state index contributed by atoms with van der Waals surface area (Å²) in [6, 6.07) is 4.66. The molecule has 0 radical (unpaired) electrons. The number of fused-ring (bicyclic) bond motifs is 2. The minimum Gasteiger partial charge on any atom is -0.324 e. The first-order chi connectivity index (χ1) is 12.5. The van der Waals surface area contributed by atoms with Crippen molar-refractivity contribution in [3.8, 4) is 0 Å². The number of hydrogen-bond donors (Lipinski definition) is 1. The molecule has 1 fully saturated rings. The summed E-state index contributed by atoms with van der Waals surface area (Å²) < 4.78 is 0.985. The standard InChI is InChI=1S/C19H19N3O3S/c1-10(22-18(24)13-5-3-4-6-14(13)19(22)25)17(23)21-12-7-8-15-16(9-12)26-11(2)20-15/h3-4,7-10,13-14H,5-6H2,1-2H3,(H,21,23)/t10-,13?,14?/m1/s1. The van der Waals surface area contributed by atoms with Crippen LogP contribution in [0.5, 0.6) is 0 Å². The highest BCUT2D eigenvalue weighted by molar-refractivity contribution is 7.18. The Morgan fingerprint density at radius 1 is 1.23 bits per heavy atom. The summed E-state index contributed by atoms with van der Waals surface area (Å²) >= 11 is 1.55. The molecular weight excluding hydrogens is 350 g/mol. The van der Waals surface area contributed by atoms with E-state index < -0.39 is 6.04 Å². The molecule has 0 saturated carbocycles. The molecule has 1 aromatic carbocycles. The van der Waals surface area contributed by atoms with Gasteiger partial charge in [-0.15, -0.1) is 11.3 Å². The molecule has 1 aliphatic heterocycles. The summed E-state index contributed by atoms with van der Waals surface area (Å²) in [6.45, 7) is 3.54. The fraction of sp³-hybridized carbons (Fsp3) is 0.368. The van der Waals surface area contributed by atoms with Crippen molar-refractivity contribution in [1.82, 2.24) is 9.88 Å². The number of likely N-dealkylation sites (tertiary alicyclic amines) is 1. The van der Waals surface area contributed by atoms with Gasteiger partial charge in [-0.05, 0) is 44.9 Å². The molecule has 2 unspecified atom stereocenters. The third-order valence-electron chi connectivity index (χ3n) is 5.07. The quantitative estimate of drug-likeness (QED) is 0.666. The second-order valence-electron chi connectivity index (χ2n) is 6.78. The van der Waals surface area contributed by atoms with E-state index in [1.807, 2.05) is 31.2 Å². The Balaban J connectivity index is 1.52. The van der Waals surface area contributed by atoms with Gasteiger partial charge in [0.2, 0.25) is 17.7 Å². The van der Waals surface area contributed by atoms with Crippen LogP contribution >= 0.6 is 11.3 Å². The third-order valence-corrected chi connectivity index (χ3v) is 6.00. The van der Waals surface area contributed by atoms with Crippen LogP contribution in [0, 0.1) is 18.8 Å². The molecule has 1 aliphatic carbocycles. The Labute approximate surface area is 154 Å². The minimum atomic E-state index is -0.834. The van der Waals surface area contributed by atoms with Crippen molar-refractivity contribution in [2.75, 3.05) is 5.32 Å². The maximum Gasteiger partial charge on any atom is 0.247 e. The zero-order chi connectivity index (χ0) is 18.4. The van der Waals surface area contributed by atoms with Crippen LogP contribution in [0.2, 0.25) is 0 Å². The number of imide groups is 1. The average Bonchev–Trinajstić information content (AvgIpc) is 3.11. The van der Waals surface area contributed by atoms with Gasteiger partial charge in [-0.2, -0.15) is 0 Å². The number of carbonyl (C=O) groups is 3. The predicted octanol–water partition coefficient (Wildman–Crippen LogP) is 2.88. The molecule has 2 aliphatic rings. The molecule has 3 amide bonds. The number of benzene rings is 1. The van der Waals surface area contributed by atoms with Crippen molar-refractivity contribution in [2.45, 2.75) is 32.7 Å². The molecule has 4 rings (SSSR count). The van der Waals surface area contributed by atoms with Crippen LogP contribution in [0.4, 0.5) is 5.69 Å². The molecule has 1 aromatic heterocycles. The topological polar surface area (TPSA) is 79.4 Å². The maximum absolute atomic E-state index is 12.7. The molecule has 3 atom stereocenters. The van der Waals surface area contributed by atoms with E-state index in [2.05, 4.69) is 10.3 Å². The fourth-order valence-electron chi connectivity index (χ4n) is 3.69. The van der Waals surface area contributed by atoms with Crippen LogP contribution < -0.4 is 5.32 Å². The summed E-state index contributed by atoms with van der Waals surface area (Å²) in [5, 5.41) is 3.78. The van der Waals surface area contributed by atoms with Crippen LogP contribution in [-0.2, 0) is 14.4 Å². The van der Waals surface area contributed by atoms with Crippen LogP contribution in [0.3, 0.4) is 0 Å². The van der Waals surface area contributed by atoms with Crippen LogP contribution in [0.15, 0.2) is 30.4 Å². The van der Waals surface area contributed by atoms with Crippen molar-refractivity contribution in [2.24, 2.45) is 11.8 Å². The summed E-state index contributed by atoms with van der Waals surface area (Å²) in [7, 11) is 0. The van der Waals surface area contributed by atoms with Gasteiger partial charge in [-0.1, -0.05) is 12.2 Å². The molecular formula is C19H19N3O3S. The van der Waals surface area contributed by atoms with Gasteiger partial charge >= 0.3 is 0 Å². The molecule has 1 N–H and O–H groups in total. The normalized spacial score (nSPS) is 23.4. The van der Waals surface area contributed by atoms with Gasteiger partial charge in [0.25, 0.3) is 0 Å². The number of carbonyl (C=O) groups excluding carboxylic acids is 3. The van der Waals surface area contributed by atoms with Crippen LogP contribution in [0.1, 0.15) is 24.8 Å². The number of anilines is 1. The molecule has 1 saturated heterocycles. The molecule has 2 aromatic rings. The third kappa shape index (κ3) is 2.72. The number of nitrogens with one attached hydrogen (secondary N) is 1. The molecule has 2 heterocycles.